The van der Waals surface area contributed by atoms with Crippen molar-refractivity contribution in [2.75, 3.05) is 0 Å². The van der Waals surface area contributed by atoms with Gasteiger partial charge in [-0.1, -0.05) is 26.7 Å². The van der Waals surface area contributed by atoms with Crippen molar-refractivity contribution in [3.63, 3.8) is 0 Å². The third-order valence-corrected chi connectivity index (χ3v) is 3.57. The molecule has 0 unspecified atom stereocenters. The van der Waals surface area contributed by atoms with E-state index in [1.807, 2.05) is 6.92 Å². The van der Waals surface area contributed by atoms with Gasteiger partial charge in [-0.3, -0.25) is 5.32 Å². The number of amides is 1. The fraction of sp³-hybridized carbons (Fsp3) is 0.929. The first-order valence-corrected chi connectivity index (χ1v) is 7.37. The molecule has 0 aliphatic carbocycles. The summed E-state index contributed by atoms with van der Waals surface area (Å²) >= 11 is 0. The van der Waals surface area contributed by atoms with E-state index in [0.717, 1.165) is 18.2 Å². The SMILES string of the molecule is CCCCCC(C)(C)OC(=O)NC(CC)(C(F)(F)F)C(F)(F)F. The van der Waals surface area contributed by atoms with Crippen LogP contribution in [0.2, 0.25) is 0 Å². The van der Waals surface area contributed by atoms with Gasteiger partial charge in [-0.2, -0.15) is 26.3 Å². The number of alkyl carbamates (subject to hydrolysis) is 1. The van der Waals surface area contributed by atoms with Crippen LogP contribution in [0.3, 0.4) is 0 Å². The molecule has 0 atom stereocenters. The van der Waals surface area contributed by atoms with Crippen molar-refractivity contribution in [1.29, 1.82) is 0 Å². The maximum Gasteiger partial charge on any atom is 0.420 e. The van der Waals surface area contributed by atoms with Gasteiger partial charge in [0.25, 0.3) is 0 Å². The average Bonchev–Trinajstić information content (AvgIpc) is 2.32. The van der Waals surface area contributed by atoms with Gasteiger partial charge in [0.1, 0.15) is 5.60 Å². The van der Waals surface area contributed by atoms with E-state index in [9.17, 15) is 31.1 Å². The number of nitrogens with one attached hydrogen (secondary N) is 1. The average molecular weight is 351 g/mol. The van der Waals surface area contributed by atoms with Crippen LogP contribution in [-0.4, -0.2) is 29.6 Å². The van der Waals surface area contributed by atoms with Crippen LogP contribution in [-0.2, 0) is 4.74 Å². The van der Waals surface area contributed by atoms with Crippen molar-refractivity contribution in [2.24, 2.45) is 0 Å². The third kappa shape index (κ3) is 5.76. The monoisotopic (exact) mass is 351 g/mol. The second-order valence-electron chi connectivity index (χ2n) is 5.99. The molecular weight excluding hydrogens is 328 g/mol. The predicted molar refractivity (Wildman–Crippen MR) is 73.0 cm³/mol. The summed E-state index contributed by atoms with van der Waals surface area (Å²) < 4.78 is 82.3. The lowest BCUT2D eigenvalue weighted by atomic mass is 9.94. The summed E-state index contributed by atoms with van der Waals surface area (Å²) in [7, 11) is 0. The second kappa shape index (κ2) is 7.61. The lowest BCUT2D eigenvalue weighted by Crippen LogP contribution is -2.67. The van der Waals surface area contributed by atoms with Gasteiger partial charge >= 0.3 is 18.4 Å². The van der Waals surface area contributed by atoms with Gasteiger partial charge < -0.3 is 4.74 Å². The highest BCUT2D eigenvalue weighted by atomic mass is 19.4. The molecule has 0 aliphatic rings. The zero-order valence-electron chi connectivity index (χ0n) is 13.6. The molecule has 0 bridgehead atoms. The quantitative estimate of drug-likeness (QED) is 0.496. The number of carbonyl (C=O) groups is 1. The van der Waals surface area contributed by atoms with E-state index in [0.29, 0.717) is 19.8 Å². The van der Waals surface area contributed by atoms with E-state index in [4.69, 9.17) is 4.74 Å². The minimum absolute atomic E-state index is 0.339. The van der Waals surface area contributed by atoms with E-state index in [-0.39, 0.29) is 0 Å². The van der Waals surface area contributed by atoms with Gasteiger partial charge in [-0.05, 0) is 33.1 Å². The van der Waals surface area contributed by atoms with Gasteiger partial charge in [-0.25, -0.2) is 4.79 Å². The highest BCUT2D eigenvalue weighted by Crippen LogP contribution is 2.45. The molecule has 1 N–H and O–H groups in total. The van der Waals surface area contributed by atoms with Crippen molar-refractivity contribution in [3.8, 4) is 0 Å². The number of ether oxygens (including phenoxy) is 1. The summed E-state index contributed by atoms with van der Waals surface area (Å²) in [6.07, 6.45) is -11.8. The summed E-state index contributed by atoms with van der Waals surface area (Å²) in [6, 6.07) is 0. The van der Waals surface area contributed by atoms with E-state index in [1.54, 1.807) is 0 Å². The first-order chi connectivity index (χ1) is 10.2. The molecule has 1 amide bonds. The molecule has 0 aliphatic heterocycles. The molecule has 0 saturated carbocycles. The highest BCUT2D eigenvalue weighted by molar-refractivity contribution is 5.69. The Bertz CT molecular complexity index is 376. The Labute approximate surface area is 131 Å². The van der Waals surface area contributed by atoms with Crippen LogP contribution in [0.15, 0.2) is 0 Å². The minimum atomic E-state index is -5.69. The van der Waals surface area contributed by atoms with E-state index in [2.05, 4.69) is 0 Å². The Balaban J connectivity index is 5.14. The van der Waals surface area contributed by atoms with Gasteiger partial charge in [-0.15, -0.1) is 0 Å². The molecule has 0 rings (SSSR count). The zero-order chi connectivity index (χ0) is 18.5. The van der Waals surface area contributed by atoms with Crippen LogP contribution >= 0.6 is 0 Å². The number of hydrogen-bond acceptors (Lipinski definition) is 2. The van der Waals surface area contributed by atoms with Gasteiger partial charge in [0.2, 0.25) is 5.54 Å². The van der Waals surface area contributed by atoms with E-state index < -0.39 is 36.0 Å². The van der Waals surface area contributed by atoms with Crippen molar-refractivity contribution in [2.45, 2.75) is 83.3 Å². The molecule has 0 aromatic heterocycles. The zero-order valence-corrected chi connectivity index (χ0v) is 13.6. The summed E-state index contributed by atoms with van der Waals surface area (Å²) in [6.45, 7) is 5.52. The molecule has 0 aromatic rings. The maximum absolute atomic E-state index is 12.9. The minimum Gasteiger partial charge on any atom is -0.444 e. The van der Waals surface area contributed by atoms with Crippen molar-refractivity contribution in [1.82, 2.24) is 5.32 Å². The molecule has 0 spiro atoms. The van der Waals surface area contributed by atoms with E-state index >= 15 is 0 Å². The van der Waals surface area contributed by atoms with Crippen molar-refractivity contribution in [3.05, 3.63) is 0 Å². The standard InChI is InChI=1S/C14H23F6NO2/c1-5-7-8-9-11(3,4)23-10(22)21-12(6-2,13(15,16)17)14(18,19)20/h5-9H2,1-4H3,(H,21,22). The summed E-state index contributed by atoms with van der Waals surface area (Å²) in [5, 5.41) is 0.995. The van der Waals surface area contributed by atoms with Gasteiger partial charge in [0.15, 0.2) is 0 Å². The molecular formula is C14H23F6NO2. The largest absolute Gasteiger partial charge is 0.444 e. The number of hydrogen-bond donors (Lipinski definition) is 1. The summed E-state index contributed by atoms with van der Waals surface area (Å²) in [4.78, 5) is 11.6. The predicted octanol–water partition coefficient (Wildman–Crippen LogP) is 5.34. The topological polar surface area (TPSA) is 38.3 Å². The third-order valence-electron chi connectivity index (χ3n) is 3.57. The fourth-order valence-electron chi connectivity index (χ4n) is 2.09. The molecule has 23 heavy (non-hydrogen) atoms. The summed E-state index contributed by atoms with van der Waals surface area (Å²) in [5.41, 5.74) is -5.48. The molecule has 0 heterocycles. The Kier molecular flexibility index (Phi) is 7.23. The number of halogens is 6. The van der Waals surface area contributed by atoms with Gasteiger partial charge in [0.05, 0.1) is 0 Å². The van der Waals surface area contributed by atoms with Crippen molar-refractivity contribution < 1.29 is 35.9 Å². The van der Waals surface area contributed by atoms with E-state index in [1.165, 1.54) is 13.8 Å². The molecule has 9 heteroatoms. The summed E-state index contributed by atoms with van der Waals surface area (Å²) in [5.74, 6) is 0. The lowest BCUT2D eigenvalue weighted by molar-refractivity contribution is -0.306. The van der Waals surface area contributed by atoms with Crippen LogP contribution in [0.1, 0.15) is 59.8 Å². The maximum atomic E-state index is 12.9. The highest BCUT2D eigenvalue weighted by Gasteiger charge is 2.71. The first kappa shape index (κ1) is 21.9. The molecule has 0 fully saturated rings. The Morgan fingerprint density at radius 1 is 0.957 bits per heavy atom. The lowest BCUT2D eigenvalue weighted by Gasteiger charge is -2.37. The van der Waals surface area contributed by atoms with Crippen LogP contribution < -0.4 is 5.32 Å². The Morgan fingerprint density at radius 2 is 1.43 bits per heavy atom. The molecule has 0 saturated heterocycles. The number of rotatable bonds is 7. The number of unbranched alkanes of at least 4 members (excludes halogenated alkanes) is 2. The van der Waals surface area contributed by atoms with Crippen LogP contribution in [0.5, 0.6) is 0 Å². The number of alkyl halides is 6. The fourth-order valence-corrected chi connectivity index (χ4v) is 2.09. The number of carbonyl (C=O) groups excluding carboxylic acids is 1. The molecule has 0 aromatic carbocycles. The smallest absolute Gasteiger partial charge is 0.420 e. The van der Waals surface area contributed by atoms with Crippen LogP contribution in [0.4, 0.5) is 31.1 Å². The second-order valence-corrected chi connectivity index (χ2v) is 5.99. The van der Waals surface area contributed by atoms with Crippen molar-refractivity contribution >= 4 is 6.09 Å². The molecule has 3 nitrogen and oxygen atoms in total. The van der Waals surface area contributed by atoms with Gasteiger partial charge in [0, 0.05) is 0 Å². The normalized spacial score (nSPS) is 13.8. The first-order valence-electron chi connectivity index (χ1n) is 7.37. The molecule has 0 radical (unpaired) electrons. The van der Waals surface area contributed by atoms with Crippen LogP contribution in [0.25, 0.3) is 0 Å². The Hall–Kier alpha value is -1.15. The Morgan fingerprint density at radius 3 is 1.78 bits per heavy atom. The molecule has 138 valence electrons. The van der Waals surface area contributed by atoms with Crippen LogP contribution in [0, 0.1) is 0 Å².